The van der Waals surface area contributed by atoms with Crippen LogP contribution in [-0.4, -0.2) is 65.4 Å². The van der Waals surface area contributed by atoms with Crippen LogP contribution in [-0.2, 0) is 43.6 Å². The molecule has 0 fully saturated rings. The molecule has 0 heterocycles. The van der Waals surface area contributed by atoms with Crippen molar-refractivity contribution in [1.82, 2.24) is 5.32 Å². The zero-order valence-electron chi connectivity index (χ0n) is 25.3. The van der Waals surface area contributed by atoms with Crippen molar-refractivity contribution in [2.45, 2.75) is 67.2 Å². The minimum atomic E-state index is -4.47. The molecule has 0 aliphatic rings. The quantitative estimate of drug-likeness (QED) is 0.0907. The van der Waals surface area contributed by atoms with Crippen molar-refractivity contribution in [2.24, 2.45) is 11.7 Å². The lowest BCUT2D eigenvalue weighted by Crippen LogP contribution is -2.44. The van der Waals surface area contributed by atoms with E-state index in [0.717, 1.165) is 12.2 Å². The van der Waals surface area contributed by atoms with E-state index >= 15 is 0 Å². The van der Waals surface area contributed by atoms with Crippen molar-refractivity contribution in [1.29, 1.82) is 5.26 Å². The summed E-state index contributed by atoms with van der Waals surface area (Å²) in [4.78, 5) is 61.6. The van der Waals surface area contributed by atoms with E-state index in [1.54, 1.807) is 19.9 Å². The lowest BCUT2D eigenvalue weighted by Gasteiger charge is -2.20. The van der Waals surface area contributed by atoms with Crippen molar-refractivity contribution in [2.75, 3.05) is 6.61 Å². The Morgan fingerprint density at radius 3 is 1.57 bits per heavy atom. The van der Waals surface area contributed by atoms with Crippen LogP contribution in [0.1, 0.15) is 61.8 Å². The Kier molecular flexibility index (Phi) is 30.2. The largest absolute Gasteiger partial charge is 0.478 e. The van der Waals surface area contributed by atoms with Crippen LogP contribution in [0, 0.1) is 17.2 Å². The number of aliphatic carboxylic acids is 1. The van der Waals surface area contributed by atoms with Crippen molar-refractivity contribution in [3.63, 3.8) is 0 Å². The SMILES string of the molecule is C=C(C(=C)C(=O)OCC)C(=O)NC(C(C)C)S(=O)(=O)O.C=CC(N)=O.CC(C)=O.CC(C)=O.CCC(=CC#N)C(=O)O. The summed E-state index contributed by atoms with van der Waals surface area (Å²) in [5, 5.41) is 16.9. The van der Waals surface area contributed by atoms with Crippen LogP contribution in [0.15, 0.2) is 48.6 Å². The van der Waals surface area contributed by atoms with Gasteiger partial charge < -0.3 is 30.5 Å². The van der Waals surface area contributed by atoms with E-state index in [-0.39, 0.29) is 34.9 Å². The first-order valence-corrected chi connectivity index (χ1v) is 13.5. The number of esters is 1. The molecule has 15 heteroatoms. The number of rotatable bonds is 10. The maximum Gasteiger partial charge on any atom is 0.338 e. The molecule has 0 rings (SSSR count). The van der Waals surface area contributed by atoms with Crippen LogP contribution in [0.2, 0.25) is 0 Å². The molecule has 0 aromatic rings. The highest BCUT2D eigenvalue weighted by Crippen LogP contribution is 2.12. The molecule has 0 bridgehead atoms. The molecule has 1 unspecified atom stereocenters. The molecule has 0 radical (unpaired) electrons. The number of Topliss-reactive ketones (excluding diaryl/α,β-unsaturated/α-hetero) is 2. The number of primary amides is 1. The van der Waals surface area contributed by atoms with Gasteiger partial charge >= 0.3 is 11.9 Å². The number of ketones is 2. The first kappa shape index (κ1) is 47.4. The number of nitrogens with zero attached hydrogens (tertiary/aromatic N) is 1. The summed E-state index contributed by atoms with van der Waals surface area (Å²) < 4.78 is 35.9. The highest BCUT2D eigenvalue weighted by Gasteiger charge is 2.30. The van der Waals surface area contributed by atoms with Crippen LogP contribution in [0.4, 0.5) is 0 Å². The van der Waals surface area contributed by atoms with Crippen LogP contribution in [0.25, 0.3) is 0 Å². The fraction of sp³-hybridized carbons (Fsp3) is 0.444. The lowest BCUT2D eigenvalue weighted by atomic mass is 10.1. The van der Waals surface area contributed by atoms with Gasteiger partial charge in [-0.05, 0) is 53.0 Å². The van der Waals surface area contributed by atoms with E-state index in [1.165, 1.54) is 41.5 Å². The number of carboxylic acids is 1. The molecule has 0 aromatic carbocycles. The topological polar surface area (TPSA) is 248 Å². The number of carbonyl (C=O) groups excluding carboxylic acids is 5. The van der Waals surface area contributed by atoms with Crippen molar-refractivity contribution < 1.29 is 51.6 Å². The van der Waals surface area contributed by atoms with Gasteiger partial charge in [-0.15, -0.1) is 0 Å². The van der Waals surface area contributed by atoms with Gasteiger partial charge in [0.05, 0.1) is 18.2 Å². The number of nitrogens with one attached hydrogen (secondary N) is 1. The third-order valence-electron chi connectivity index (χ3n) is 3.46. The van der Waals surface area contributed by atoms with Gasteiger partial charge in [-0.2, -0.15) is 13.7 Å². The molecular formula is C27H43N3O11S. The molecule has 42 heavy (non-hydrogen) atoms. The second-order valence-corrected chi connectivity index (χ2v) is 9.75. The predicted molar refractivity (Wildman–Crippen MR) is 157 cm³/mol. The summed E-state index contributed by atoms with van der Waals surface area (Å²) in [6.45, 7) is 22.3. The molecule has 2 amide bonds. The molecule has 0 aliphatic carbocycles. The summed E-state index contributed by atoms with van der Waals surface area (Å²) in [7, 11) is -4.47. The summed E-state index contributed by atoms with van der Waals surface area (Å²) in [5.41, 5.74) is 4.09. The van der Waals surface area contributed by atoms with E-state index in [4.69, 9.17) is 14.9 Å². The summed E-state index contributed by atoms with van der Waals surface area (Å²) in [6, 6.07) is 1.66. The zero-order valence-corrected chi connectivity index (χ0v) is 26.2. The Morgan fingerprint density at radius 1 is 1.00 bits per heavy atom. The number of hydrogen-bond acceptors (Lipinski definition) is 10. The number of amides is 2. The van der Waals surface area contributed by atoms with Gasteiger partial charge in [-0.25, -0.2) is 9.59 Å². The Bertz CT molecular complexity index is 1130. The number of nitrogens with two attached hydrogens (primary N) is 1. The highest BCUT2D eigenvalue weighted by atomic mass is 32.2. The van der Waals surface area contributed by atoms with E-state index < -0.39 is 45.2 Å². The molecule has 238 valence electrons. The number of carboxylic acid groups (broad SMARTS) is 1. The average molecular weight is 618 g/mol. The van der Waals surface area contributed by atoms with Crippen LogP contribution >= 0.6 is 0 Å². The van der Waals surface area contributed by atoms with Gasteiger partial charge in [0.25, 0.3) is 16.0 Å². The number of ether oxygens (including phenoxy) is 1. The fourth-order valence-electron chi connectivity index (χ4n) is 1.67. The third-order valence-corrected chi connectivity index (χ3v) is 4.76. The fourth-order valence-corrected chi connectivity index (χ4v) is 2.62. The van der Waals surface area contributed by atoms with E-state index in [1.807, 2.05) is 0 Å². The van der Waals surface area contributed by atoms with Crippen LogP contribution in [0.3, 0.4) is 0 Å². The maximum atomic E-state index is 11.8. The molecule has 0 aliphatic heterocycles. The van der Waals surface area contributed by atoms with Gasteiger partial charge in [0.1, 0.15) is 11.6 Å². The standard InChI is InChI=1S/C12H19NO6S.C6H7NO2.C3H5NO.2C3H6O/c1-6-19-12(15)9(5)8(4)10(14)13-11(7(2)3)20(16,17)18;1-2-5(3-4-7)6(8)9;1-2-3(4)5;2*1-3(2)4/h7,11H,4-6H2,1-3H3,(H,13,14)(H,16,17,18);3H,2H2,1H3,(H,8,9);2H,1H2,(H2,4,5);2*1-2H3. The summed E-state index contributed by atoms with van der Waals surface area (Å²) >= 11 is 0. The number of hydrogen-bond donors (Lipinski definition) is 4. The minimum Gasteiger partial charge on any atom is -0.478 e. The zero-order chi connectivity index (χ0) is 34.8. The second kappa shape index (κ2) is 26.8. The van der Waals surface area contributed by atoms with Crippen LogP contribution < -0.4 is 11.1 Å². The van der Waals surface area contributed by atoms with E-state index in [2.05, 4.69) is 35.5 Å². The Morgan fingerprint density at radius 2 is 1.38 bits per heavy atom. The summed E-state index contributed by atoms with van der Waals surface area (Å²) in [5.74, 6) is -3.47. The first-order chi connectivity index (χ1) is 19.0. The molecule has 0 spiro atoms. The normalized spacial score (nSPS) is 10.3. The van der Waals surface area contributed by atoms with E-state index in [0.29, 0.717) is 6.42 Å². The molecule has 5 N–H and O–H groups in total. The third kappa shape index (κ3) is 33.6. The van der Waals surface area contributed by atoms with E-state index in [9.17, 15) is 37.2 Å². The molecule has 0 saturated carbocycles. The molecule has 14 nitrogen and oxygen atoms in total. The smallest absolute Gasteiger partial charge is 0.338 e. The van der Waals surface area contributed by atoms with Gasteiger partial charge in [0.15, 0.2) is 5.37 Å². The highest BCUT2D eigenvalue weighted by molar-refractivity contribution is 7.86. The summed E-state index contributed by atoms with van der Waals surface area (Å²) in [6.07, 6.45) is 2.49. The van der Waals surface area contributed by atoms with Crippen molar-refractivity contribution in [3.05, 3.63) is 48.6 Å². The molecular weight excluding hydrogens is 574 g/mol. The van der Waals surface area contributed by atoms with Crippen molar-refractivity contribution in [3.8, 4) is 6.07 Å². The Labute approximate surface area is 247 Å². The Hall–Kier alpha value is -4.42. The molecule has 0 saturated heterocycles. The van der Waals surface area contributed by atoms with Gasteiger partial charge in [-0.3, -0.25) is 14.1 Å². The minimum absolute atomic E-state index is 0.104. The maximum absolute atomic E-state index is 11.8. The predicted octanol–water partition coefficient (Wildman–Crippen LogP) is 2.43. The lowest BCUT2D eigenvalue weighted by molar-refractivity contribution is -0.138. The van der Waals surface area contributed by atoms with Gasteiger partial charge in [0, 0.05) is 17.2 Å². The molecule has 0 aromatic heterocycles. The second-order valence-electron chi connectivity index (χ2n) is 8.21. The monoisotopic (exact) mass is 617 g/mol. The van der Waals surface area contributed by atoms with Crippen molar-refractivity contribution >= 4 is 45.4 Å². The number of nitriles is 1. The van der Waals surface area contributed by atoms with Gasteiger partial charge in [-0.1, -0.05) is 40.5 Å². The average Bonchev–Trinajstić information content (AvgIpc) is 2.83. The molecule has 1 atom stereocenters. The van der Waals surface area contributed by atoms with Crippen LogP contribution in [0.5, 0.6) is 0 Å². The Balaban J connectivity index is -0.000000169. The number of allylic oxidation sites excluding steroid dienone is 1. The number of carbonyl (C=O) groups is 6. The first-order valence-electron chi connectivity index (χ1n) is 12.0. The van der Waals surface area contributed by atoms with Gasteiger partial charge in [0.2, 0.25) is 5.91 Å².